The molecule has 2 aromatic rings. The van der Waals surface area contributed by atoms with Gasteiger partial charge in [-0.15, -0.1) is 11.3 Å². The van der Waals surface area contributed by atoms with E-state index in [1.807, 2.05) is 0 Å². The van der Waals surface area contributed by atoms with Crippen LogP contribution >= 0.6 is 11.3 Å². The molecule has 21 heavy (non-hydrogen) atoms. The van der Waals surface area contributed by atoms with Gasteiger partial charge >= 0.3 is 7.12 Å². The van der Waals surface area contributed by atoms with Crippen LogP contribution in [0.25, 0.3) is 0 Å². The maximum Gasteiger partial charge on any atom is 0.488 e. The summed E-state index contributed by atoms with van der Waals surface area (Å²) in [5.41, 5.74) is 0.464. The minimum absolute atomic E-state index is 0.375. The molecule has 1 aromatic heterocycles. The number of thiophene rings is 1. The number of likely N-dealkylation sites (N-methyl/N-ethyl adjacent to an activating group) is 1. The predicted molar refractivity (Wildman–Crippen MR) is 87.1 cm³/mol. The zero-order chi connectivity index (χ0) is 15.2. The van der Waals surface area contributed by atoms with Crippen molar-refractivity contribution < 1.29 is 14.8 Å². The van der Waals surface area contributed by atoms with Gasteiger partial charge in [-0.1, -0.05) is 18.2 Å². The van der Waals surface area contributed by atoms with E-state index in [-0.39, 0.29) is 0 Å². The summed E-state index contributed by atoms with van der Waals surface area (Å²) in [5.74, 6) is 0.733. The van der Waals surface area contributed by atoms with Crippen molar-refractivity contribution in [2.45, 2.75) is 13.0 Å². The summed E-state index contributed by atoms with van der Waals surface area (Å²) in [5, 5.41) is 20.1. The Hall–Kier alpha value is -1.34. The summed E-state index contributed by atoms with van der Waals surface area (Å²) in [6, 6.07) is 11.4. The number of rotatable bonds is 7. The first kappa shape index (κ1) is 16.0. The number of benzene rings is 1. The van der Waals surface area contributed by atoms with Crippen molar-refractivity contribution in [3.8, 4) is 5.75 Å². The predicted octanol–water partition coefficient (Wildman–Crippen LogP) is 1.50. The van der Waals surface area contributed by atoms with Crippen molar-refractivity contribution in [2.75, 3.05) is 20.2 Å². The molecule has 0 amide bonds. The van der Waals surface area contributed by atoms with Gasteiger partial charge in [-0.25, -0.2) is 0 Å². The molecule has 0 bridgehead atoms. The Kier molecular flexibility index (Phi) is 5.81. The maximum absolute atomic E-state index is 9.02. The lowest BCUT2D eigenvalue weighted by atomic mass is 9.80. The van der Waals surface area contributed by atoms with Crippen LogP contribution in [-0.4, -0.2) is 42.3 Å². The number of hydrogen-bond donors (Lipinski definition) is 2. The molecule has 0 aliphatic carbocycles. The highest BCUT2D eigenvalue weighted by Crippen LogP contribution is 2.22. The summed E-state index contributed by atoms with van der Waals surface area (Å²) in [7, 11) is 0.649. The van der Waals surface area contributed by atoms with Crippen molar-refractivity contribution in [1.29, 1.82) is 0 Å². The molecule has 0 fully saturated rings. The van der Waals surface area contributed by atoms with E-state index < -0.39 is 7.12 Å². The Morgan fingerprint density at radius 2 is 1.95 bits per heavy atom. The normalized spacial score (nSPS) is 12.4. The average molecular weight is 305 g/mol. The van der Waals surface area contributed by atoms with E-state index in [4.69, 9.17) is 14.8 Å². The van der Waals surface area contributed by atoms with Gasteiger partial charge in [0, 0.05) is 17.5 Å². The minimum atomic E-state index is -1.43. The molecule has 1 heterocycles. The second-order valence-corrected chi connectivity index (χ2v) is 5.94. The van der Waals surface area contributed by atoms with E-state index in [0.717, 1.165) is 12.3 Å². The van der Waals surface area contributed by atoms with Crippen LogP contribution in [0.2, 0.25) is 0 Å². The van der Waals surface area contributed by atoms with Gasteiger partial charge in [0.2, 0.25) is 0 Å². The Morgan fingerprint density at radius 3 is 2.52 bits per heavy atom. The lowest BCUT2D eigenvalue weighted by Crippen LogP contribution is -2.29. The van der Waals surface area contributed by atoms with Crippen molar-refractivity contribution in [2.24, 2.45) is 0 Å². The van der Waals surface area contributed by atoms with E-state index in [2.05, 4.69) is 36.4 Å². The van der Waals surface area contributed by atoms with Gasteiger partial charge in [0.1, 0.15) is 12.4 Å². The van der Waals surface area contributed by atoms with Crippen LogP contribution in [0.1, 0.15) is 17.8 Å². The zero-order valence-electron chi connectivity index (χ0n) is 12.3. The quantitative estimate of drug-likeness (QED) is 0.761. The van der Waals surface area contributed by atoms with Crippen molar-refractivity contribution in [1.82, 2.24) is 4.90 Å². The molecule has 2 rings (SSSR count). The third-order valence-electron chi connectivity index (χ3n) is 3.51. The van der Waals surface area contributed by atoms with E-state index in [9.17, 15) is 0 Å². The monoisotopic (exact) mass is 305 g/mol. The lowest BCUT2D eigenvalue weighted by molar-refractivity contribution is 0.203. The summed E-state index contributed by atoms with van der Waals surface area (Å²) in [6.45, 7) is 3.60. The largest absolute Gasteiger partial charge is 0.492 e. The topological polar surface area (TPSA) is 52.9 Å². The zero-order valence-corrected chi connectivity index (χ0v) is 13.1. The number of hydrogen-bond acceptors (Lipinski definition) is 5. The molecule has 1 atom stereocenters. The molecule has 1 unspecified atom stereocenters. The number of ether oxygens (including phenoxy) is 1. The Balaban J connectivity index is 1.78. The molecule has 4 nitrogen and oxygen atoms in total. The standard InChI is InChI=1S/C15H20BNO3S/c1-12(15-4-3-11-21-15)17(2)9-10-20-14-7-5-13(6-8-14)16(18)19/h3-8,11-12,18-19H,9-10H2,1-2H3. The van der Waals surface area contributed by atoms with Crippen molar-refractivity contribution >= 4 is 23.9 Å². The van der Waals surface area contributed by atoms with Gasteiger partial charge < -0.3 is 14.8 Å². The molecule has 0 saturated carbocycles. The maximum atomic E-state index is 9.02. The fourth-order valence-corrected chi connectivity index (χ4v) is 2.83. The Morgan fingerprint density at radius 1 is 1.24 bits per heavy atom. The van der Waals surface area contributed by atoms with E-state index in [0.29, 0.717) is 18.1 Å². The third kappa shape index (κ3) is 4.57. The van der Waals surface area contributed by atoms with Crippen molar-refractivity contribution in [3.63, 3.8) is 0 Å². The highest BCUT2D eigenvalue weighted by Gasteiger charge is 2.13. The fourth-order valence-electron chi connectivity index (χ4n) is 1.98. The van der Waals surface area contributed by atoms with E-state index >= 15 is 0 Å². The summed E-state index contributed by atoms with van der Waals surface area (Å²) < 4.78 is 5.68. The SMILES string of the molecule is CC(c1cccs1)N(C)CCOc1ccc(B(O)O)cc1. The van der Waals surface area contributed by atoms with Gasteiger partial charge in [-0.2, -0.15) is 0 Å². The summed E-state index contributed by atoms with van der Waals surface area (Å²) >= 11 is 1.76. The molecule has 112 valence electrons. The average Bonchev–Trinajstić information content (AvgIpc) is 3.01. The van der Waals surface area contributed by atoms with Crippen LogP contribution in [0.3, 0.4) is 0 Å². The third-order valence-corrected chi connectivity index (χ3v) is 4.55. The molecule has 0 saturated heterocycles. The Labute approximate surface area is 129 Å². The molecule has 0 spiro atoms. The van der Waals surface area contributed by atoms with E-state index in [1.165, 1.54) is 4.88 Å². The second kappa shape index (κ2) is 7.61. The molecule has 0 aliphatic heterocycles. The Bertz CT molecular complexity index is 530. The molecule has 6 heteroatoms. The first-order chi connectivity index (χ1) is 10.1. The van der Waals surface area contributed by atoms with Crippen LogP contribution < -0.4 is 10.2 Å². The molecule has 1 aromatic carbocycles. The fraction of sp³-hybridized carbons (Fsp3) is 0.333. The minimum Gasteiger partial charge on any atom is -0.492 e. The van der Waals surface area contributed by atoms with Gasteiger partial charge in [-0.3, -0.25) is 4.90 Å². The van der Waals surface area contributed by atoms with Gasteiger partial charge in [0.05, 0.1) is 0 Å². The highest BCUT2D eigenvalue weighted by atomic mass is 32.1. The van der Waals surface area contributed by atoms with Crippen LogP contribution in [0.4, 0.5) is 0 Å². The first-order valence-electron chi connectivity index (χ1n) is 6.90. The molecular weight excluding hydrogens is 285 g/mol. The summed E-state index contributed by atoms with van der Waals surface area (Å²) in [4.78, 5) is 3.59. The van der Waals surface area contributed by atoms with Crippen LogP contribution in [-0.2, 0) is 0 Å². The number of nitrogens with zero attached hydrogens (tertiary/aromatic N) is 1. The van der Waals surface area contributed by atoms with Crippen LogP contribution in [0.15, 0.2) is 41.8 Å². The summed E-state index contributed by atoms with van der Waals surface area (Å²) in [6.07, 6.45) is 0. The molecule has 0 aliphatic rings. The van der Waals surface area contributed by atoms with Crippen LogP contribution in [0, 0.1) is 0 Å². The van der Waals surface area contributed by atoms with Crippen LogP contribution in [0.5, 0.6) is 5.75 Å². The van der Waals surface area contributed by atoms with Crippen molar-refractivity contribution in [3.05, 3.63) is 46.7 Å². The molecule has 2 N–H and O–H groups in total. The van der Waals surface area contributed by atoms with Gasteiger partial charge in [0.15, 0.2) is 0 Å². The smallest absolute Gasteiger partial charge is 0.488 e. The first-order valence-corrected chi connectivity index (χ1v) is 7.78. The van der Waals surface area contributed by atoms with Gasteiger partial charge in [0.25, 0.3) is 0 Å². The second-order valence-electron chi connectivity index (χ2n) is 4.96. The molecular formula is C15H20BNO3S. The van der Waals surface area contributed by atoms with Gasteiger partial charge in [-0.05, 0) is 43.0 Å². The highest BCUT2D eigenvalue weighted by molar-refractivity contribution is 7.10. The lowest BCUT2D eigenvalue weighted by Gasteiger charge is -2.23. The molecule has 0 radical (unpaired) electrons. The van der Waals surface area contributed by atoms with E-state index in [1.54, 1.807) is 35.6 Å².